The molecule has 1 aliphatic carbocycles. The smallest absolute Gasteiger partial charge is 0.339 e. The van der Waals surface area contributed by atoms with Crippen LogP contribution in [-0.4, -0.2) is 6.61 Å². The molecule has 0 saturated carbocycles. The molecule has 3 nitrogen and oxygen atoms in total. The van der Waals surface area contributed by atoms with Crippen molar-refractivity contribution in [2.75, 3.05) is 6.61 Å². The van der Waals surface area contributed by atoms with Gasteiger partial charge in [0, 0.05) is 17.0 Å². The van der Waals surface area contributed by atoms with Gasteiger partial charge in [-0.2, -0.15) is 0 Å². The topological polar surface area (TPSA) is 39.4 Å². The van der Waals surface area contributed by atoms with Gasteiger partial charge in [-0.3, -0.25) is 0 Å². The Morgan fingerprint density at radius 3 is 2.84 bits per heavy atom. The Morgan fingerprint density at radius 1 is 1.26 bits per heavy atom. The van der Waals surface area contributed by atoms with Gasteiger partial charge in [0.25, 0.3) is 0 Å². The number of fused-ring (bicyclic) bond motifs is 3. The summed E-state index contributed by atoms with van der Waals surface area (Å²) in [4.78, 5) is 12.0. The maximum atomic E-state index is 12.0. The SMILES string of the molecule is C=CCOc1ccc2c3c(c(=O)oc2c1)CCCC3. The summed E-state index contributed by atoms with van der Waals surface area (Å²) < 4.78 is 10.9. The molecule has 0 aliphatic heterocycles. The molecule has 3 heteroatoms. The van der Waals surface area contributed by atoms with Crippen molar-refractivity contribution in [2.24, 2.45) is 0 Å². The van der Waals surface area contributed by atoms with E-state index < -0.39 is 0 Å². The first-order valence-electron chi connectivity index (χ1n) is 6.62. The van der Waals surface area contributed by atoms with Crippen molar-refractivity contribution in [1.82, 2.24) is 0 Å². The summed E-state index contributed by atoms with van der Waals surface area (Å²) in [6, 6.07) is 5.69. The Kier molecular flexibility index (Phi) is 3.11. The number of benzene rings is 1. The second-order valence-corrected chi connectivity index (χ2v) is 4.81. The first-order valence-corrected chi connectivity index (χ1v) is 6.62. The lowest BCUT2D eigenvalue weighted by atomic mass is 9.91. The van der Waals surface area contributed by atoms with Crippen molar-refractivity contribution >= 4 is 11.0 Å². The van der Waals surface area contributed by atoms with Crippen molar-refractivity contribution in [2.45, 2.75) is 25.7 Å². The van der Waals surface area contributed by atoms with E-state index in [1.165, 1.54) is 0 Å². The normalized spacial score (nSPS) is 14.1. The molecule has 0 N–H and O–H groups in total. The number of aryl methyl sites for hydroxylation is 1. The molecule has 3 rings (SSSR count). The van der Waals surface area contributed by atoms with Crippen molar-refractivity contribution in [3.8, 4) is 5.75 Å². The molecule has 1 heterocycles. The van der Waals surface area contributed by atoms with Crippen LogP contribution in [0.15, 0.2) is 40.1 Å². The van der Waals surface area contributed by atoms with Gasteiger partial charge in [-0.1, -0.05) is 12.7 Å². The summed E-state index contributed by atoms with van der Waals surface area (Å²) in [6.07, 6.45) is 5.70. The Morgan fingerprint density at radius 2 is 2.05 bits per heavy atom. The fourth-order valence-electron chi connectivity index (χ4n) is 2.67. The number of ether oxygens (including phenoxy) is 1. The minimum atomic E-state index is -0.192. The van der Waals surface area contributed by atoms with E-state index in [-0.39, 0.29) is 5.63 Å². The molecule has 98 valence electrons. The summed E-state index contributed by atoms with van der Waals surface area (Å²) in [6.45, 7) is 4.06. The van der Waals surface area contributed by atoms with Gasteiger partial charge in [-0.15, -0.1) is 0 Å². The molecule has 1 aliphatic rings. The fourth-order valence-corrected chi connectivity index (χ4v) is 2.67. The van der Waals surface area contributed by atoms with Crippen LogP contribution in [0.1, 0.15) is 24.0 Å². The molecule has 0 fully saturated rings. The standard InChI is InChI=1S/C16H16O3/c1-2-9-18-11-7-8-13-12-5-3-4-6-14(12)16(17)19-15(13)10-11/h2,7-8,10H,1,3-6,9H2. The lowest BCUT2D eigenvalue weighted by Crippen LogP contribution is -2.15. The van der Waals surface area contributed by atoms with E-state index in [0.717, 1.165) is 42.2 Å². The van der Waals surface area contributed by atoms with Crippen molar-refractivity contribution in [1.29, 1.82) is 0 Å². The average Bonchev–Trinajstić information content (AvgIpc) is 2.45. The van der Waals surface area contributed by atoms with Crippen LogP contribution < -0.4 is 10.4 Å². The van der Waals surface area contributed by atoms with Crippen LogP contribution in [0.5, 0.6) is 5.75 Å². The van der Waals surface area contributed by atoms with E-state index in [1.807, 2.05) is 12.1 Å². The van der Waals surface area contributed by atoms with Crippen LogP contribution in [0.2, 0.25) is 0 Å². The van der Waals surface area contributed by atoms with E-state index in [0.29, 0.717) is 17.9 Å². The second-order valence-electron chi connectivity index (χ2n) is 4.81. The largest absolute Gasteiger partial charge is 0.489 e. The quantitative estimate of drug-likeness (QED) is 0.625. The third-order valence-electron chi connectivity index (χ3n) is 3.56. The highest BCUT2D eigenvalue weighted by molar-refractivity contribution is 5.82. The van der Waals surface area contributed by atoms with Crippen LogP contribution in [0.25, 0.3) is 11.0 Å². The predicted octanol–water partition coefficient (Wildman–Crippen LogP) is 3.24. The molecule has 19 heavy (non-hydrogen) atoms. The minimum Gasteiger partial charge on any atom is -0.489 e. The maximum Gasteiger partial charge on any atom is 0.339 e. The summed E-state index contributed by atoms with van der Waals surface area (Å²) in [5.74, 6) is 0.700. The number of hydrogen-bond acceptors (Lipinski definition) is 3. The van der Waals surface area contributed by atoms with Crippen LogP contribution in [0.3, 0.4) is 0 Å². The molecule has 0 amide bonds. The van der Waals surface area contributed by atoms with Crippen LogP contribution in [-0.2, 0) is 12.8 Å². The lowest BCUT2D eigenvalue weighted by molar-refractivity contribution is 0.363. The zero-order valence-electron chi connectivity index (χ0n) is 10.8. The minimum absolute atomic E-state index is 0.192. The number of hydrogen-bond donors (Lipinski definition) is 0. The van der Waals surface area contributed by atoms with Gasteiger partial charge in [0.15, 0.2) is 0 Å². The maximum absolute atomic E-state index is 12.0. The predicted molar refractivity (Wildman–Crippen MR) is 74.8 cm³/mol. The second kappa shape index (κ2) is 4.92. The highest BCUT2D eigenvalue weighted by atomic mass is 16.5. The van der Waals surface area contributed by atoms with E-state index in [4.69, 9.17) is 9.15 Å². The zero-order chi connectivity index (χ0) is 13.2. The molecule has 1 aromatic carbocycles. The van der Waals surface area contributed by atoms with Gasteiger partial charge in [-0.05, 0) is 43.4 Å². The van der Waals surface area contributed by atoms with Gasteiger partial charge in [0.1, 0.15) is 17.9 Å². The summed E-state index contributed by atoms with van der Waals surface area (Å²) in [5.41, 5.74) is 2.45. The Balaban J connectivity index is 2.14. The zero-order valence-corrected chi connectivity index (χ0v) is 10.8. The molecular formula is C16H16O3. The molecule has 0 spiro atoms. The molecule has 0 bridgehead atoms. The van der Waals surface area contributed by atoms with Gasteiger partial charge in [0.05, 0.1) is 0 Å². The summed E-state index contributed by atoms with van der Waals surface area (Å²) >= 11 is 0. The Labute approximate surface area is 111 Å². The van der Waals surface area contributed by atoms with E-state index in [9.17, 15) is 4.79 Å². The highest BCUT2D eigenvalue weighted by Gasteiger charge is 2.17. The number of rotatable bonds is 3. The first-order chi connectivity index (χ1) is 9.29. The third-order valence-corrected chi connectivity index (χ3v) is 3.56. The van der Waals surface area contributed by atoms with Crippen molar-refractivity contribution < 1.29 is 9.15 Å². The molecular weight excluding hydrogens is 240 g/mol. The Bertz CT molecular complexity index is 682. The van der Waals surface area contributed by atoms with E-state index in [1.54, 1.807) is 12.1 Å². The molecule has 0 saturated heterocycles. The van der Waals surface area contributed by atoms with Crippen LogP contribution in [0, 0.1) is 0 Å². The molecule has 1 aromatic heterocycles. The lowest BCUT2D eigenvalue weighted by Gasteiger charge is -2.16. The first kappa shape index (κ1) is 12.0. The van der Waals surface area contributed by atoms with Crippen molar-refractivity contribution in [3.63, 3.8) is 0 Å². The molecule has 0 radical (unpaired) electrons. The van der Waals surface area contributed by atoms with Crippen LogP contribution in [0.4, 0.5) is 0 Å². The van der Waals surface area contributed by atoms with Crippen molar-refractivity contribution in [3.05, 3.63) is 52.4 Å². The van der Waals surface area contributed by atoms with Gasteiger partial charge in [-0.25, -0.2) is 4.79 Å². The third kappa shape index (κ3) is 2.16. The van der Waals surface area contributed by atoms with Crippen LogP contribution >= 0.6 is 0 Å². The molecule has 0 unspecified atom stereocenters. The monoisotopic (exact) mass is 256 g/mol. The summed E-state index contributed by atoms with van der Waals surface area (Å²) in [7, 11) is 0. The van der Waals surface area contributed by atoms with E-state index in [2.05, 4.69) is 6.58 Å². The Hall–Kier alpha value is -2.03. The average molecular weight is 256 g/mol. The fraction of sp³-hybridized carbons (Fsp3) is 0.312. The van der Waals surface area contributed by atoms with Gasteiger partial charge < -0.3 is 9.15 Å². The summed E-state index contributed by atoms with van der Waals surface area (Å²) in [5, 5.41) is 1.04. The van der Waals surface area contributed by atoms with Gasteiger partial charge >= 0.3 is 5.63 Å². The highest BCUT2D eigenvalue weighted by Crippen LogP contribution is 2.28. The molecule has 0 atom stereocenters. The van der Waals surface area contributed by atoms with Gasteiger partial charge in [0.2, 0.25) is 0 Å². The molecule has 2 aromatic rings. The van der Waals surface area contributed by atoms with E-state index >= 15 is 0 Å².